The Morgan fingerprint density at radius 2 is 1.89 bits per heavy atom. The number of aromatic nitrogens is 2. The van der Waals surface area contributed by atoms with Crippen LogP contribution < -0.4 is 10.2 Å². The molecule has 0 saturated carbocycles. The van der Waals surface area contributed by atoms with Crippen molar-refractivity contribution in [3.8, 4) is 0 Å². The smallest absolute Gasteiger partial charge is 0.275 e. The number of hydrogen-bond donors (Lipinski definition) is 1. The molecule has 0 fully saturated rings. The first-order valence-electron chi connectivity index (χ1n) is 8.79. The lowest BCUT2D eigenvalue weighted by Crippen LogP contribution is -2.35. The van der Waals surface area contributed by atoms with Crippen molar-refractivity contribution in [3.63, 3.8) is 0 Å². The van der Waals surface area contributed by atoms with Crippen LogP contribution in [0.4, 0.5) is 11.4 Å². The maximum Gasteiger partial charge on any atom is 0.275 e. The summed E-state index contributed by atoms with van der Waals surface area (Å²) in [6, 6.07) is 14.9. The van der Waals surface area contributed by atoms with Crippen molar-refractivity contribution in [2.45, 2.75) is 12.8 Å². The van der Waals surface area contributed by atoms with Crippen LogP contribution in [0.25, 0.3) is 0 Å². The van der Waals surface area contributed by atoms with Gasteiger partial charge in [0.25, 0.3) is 11.8 Å². The fourth-order valence-corrected chi connectivity index (χ4v) is 3.23. The van der Waals surface area contributed by atoms with Crippen LogP contribution in [-0.2, 0) is 6.42 Å². The molecule has 6 heteroatoms. The van der Waals surface area contributed by atoms with Crippen LogP contribution in [0.3, 0.4) is 0 Å². The minimum absolute atomic E-state index is 0.00658. The highest BCUT2D eigenvalue weighted by Gasteiger charge is 2.24. The molecule has 27 heavy (non-hydrogen) atoms. The van der Waals surface area contributed by atoms with Gasteiger partial charge in [-0.2, -0.15) is 0 Å². The lowest BCUT2D eigenvalue weighted by molar-refractivity contribution is 0.0983. The first-order valence-corrected chi connectivity index (χ1v) is 8.79. The van der Waals surface area contributed by atoms with Crippen LogP contribution in [0.2, 0.25) is 0 Å². The molecule has 4 rings (SSSR count). The van der Waals surface area contributed by atoms with Crippen LogP contribution in [0.1, 0.15) is 32.8 Å². The van der Waals surface area contributed by atoms with Gasteiger partial charge in [0, 0.05) is 35.9 Å². The Morgan fingerprint density at radius 3 is 2.67 bits per heavy atom. The molecular formula is C21H18N4O2. The molecule has 2 heterocycles. The van der Waals surface area contributed by atoms with Crippen molar-refractivity contribution in [1.29, 1.82) is 0 Å². The minimum atomic E-state index is -0.309. The monoisotopic (exact) mass is 358 g/mol. The van der Waals surface area contributed by atoms with Gasteiger partial charge in [0.05, 0.1) is 6.20 Å². The lowest BCUT2D eigenvalue weighted by Gasteiger charge is -2.30. The van der Waals surface area contributed by atoms with Crippen LogP contribution in [0.5, 0.6) is 0 Å². The highest BCUT2D eigenvalue weighted by molar-refractivity contribution is 6.07. The molecule has 0 bridgehead atoms. The fraction of sp³-hybridized carbons (Fsp3) is 0.143. The van der Waals surface area contributed by atoms with E-state index in [1.165, 1.54) is 18.6 Å². The molecule has 0 unspecified atom stereocenters. The Kier molecular flexibility index (Phi) is 4.61. The zero-order valence-electron chi connectivity index (χ0n) is 14.6. The summed E-state index contributed by atoms with van der Waals surface area (Å²) in [6.45, 7) is 0.687. The number of anilines is 2. The fourth-order valence-electron chi connectivity index (χ4n) is 3.23. The zero-order valence-corrected chi connectivity index (χ0v) is 14.6. The number of fused-ring (bicyclic) bond motifs is 1. The topological polar surface area (TPSA) is 75.2 Å². The van der Waals surface area contributed by atoms with Gasteiger partial charge in [0.1, 0.15) is 5.69 Å². The Balaban J connectivity index is 1.57. The van der Waals surface area contributed by atoms with E-state index in [1.807, 2.05) is 53.4 Å². The summed E-state index contributed by atoms with van der Waals surface area (Å²) in [6.07, 6.45) is 6.17. The van der Waals surface area contributed by atoms with Gasteiger partial charge in [-0.15, -0.1) is 0 Å². The van der Waals surface area contributed by atoms with E-state index in [2.05, 4.69) is 15.3 Å². The predicted octanol–water partition coefficient (Wildman–Crippen LogP) is 3.32. The Labute approximate surface area is 156 Å². The highest BCUT2D eigenvalue weighted by Crippen LogP contribution is 2.31. The third-order valence-electron chi connectivity index (χ3n) is 4.52. The van der Waals surface area contributed by atoms with Gasteiger partial charge in [-0.25, -0.2) is 4.98 Å². The minimum Gasteiger partial charge on any atom is -0.321 e. The highest BCUT2D eigenvalue weighted by atomic mass is 16.2. The third-order valence-corrected chi connectivity index (χ3v) is 4.52. The third kappa shape index (κ3) is 3.55. The first-order chi connectivity index (χ1) is 13.2. The van der Waals surface area contributed by atoms with Gasteiger partial charge >= 0.3 is 0 Å². The Hall–Kier alpha value is -3.54. The second kappa shape index (κ2) is 7.37. The molecule has 6 nitrogen and oxygen atoms in total. The van der Waals surface area contributed by atoms with Gasteiger partial charge in [-0.05, 0) is 48.7 Å². The molecule has 1 aliphatic heterocycles. The summed E-state index contributed by atoms with van der Waals surface area (Å²) in [5.74, 6) is -0.316. The van der Waals surface area contributed by atoms with E-state index in [1.54, 1.807) is 0 Å². The van der Waals surface area contributed by atoms with Gasteiger partial charge in [-0.3, -0.25) is 14.6 Å². The van der Waals surface area contributed by atoms with Crippen molar-refractivity contribution in [1.82, 2.24) is 9.97 Å². The molecule has 0 aliphatic carbocycles. The summed E-state index contributed by atoms with van der Waals surface area (Å²) in [5.41, 5.74) is 3.55. The molecule has 0 saturated heterocycles. The average molecular weight is 358 g/mol. The lowest BCUT2D eigenvalue weighted by atomic mass is 10.00. The number of benzene rings is 2. The van der Waals surface area contributed by atoms with E-state index in [0.29, 0.717) is 17.8 Å². The molecule has 3 aromatic rings. The largest absolute Gasteiger partial charge is 0.321 e. The molecule has 0 radical (unpaired) electrons. The number of hydrogen-bond acceptors (Lipinski definition) is 4. The summed E-state index contributed by atoms with van der Waals surface area (Å²) in [5, 5.41) is 2.84. The van der Waals surface area contributed by atoms with Gasteiger partial charge in [0.15, 0.2) is 0 Å². The molecule has 2 amide bonds. The maximum absolute atomic E-state index is 12.9. The standard InChI is InChI=1S/C21H18N4O2/c26-20(18-14-22-10-11-23-18)24-17-8-9-19-16(13-17)7-4-12-25(19)21(27)15-5-2-1-3-6-15/h1-3,5-6,8-11,13-14H,4,7,12H2,(H,24,26). The van der Waals surface area contributed by atoms with Crippen molar-refractivity contribution >= 4 is 23.2 Å². The number of rotatable bonds is 3. The maximum atomic E-state index is 12.9. The van der Waals surface area contributed by atoms with E-state index in [-0.39, 0.29) is 17.5 Å². The van der Waals surface area contributed by atoms with E-state index in [4.69, 9.17) is 0 Å². The zero-order chi connectivity index (χ0) is 18.6. The normalized spacial score (nSPS) is 13.0. The van der Waals surface area contributed by atoms with Crippen molar-refractivity contribution < 1.29 is 9.59 Å². The van der Waals surface area contributed by atoms with Gasteiger partial charge in [-0.1, -0.05) is 18.2 Å². The average Bonchev–Trinajstić information content (AvgIpc) is 2.74. The molecule has 2 aromatic carbocycles. The summed E-state index contributed by atoms with van der Waals surface area (Å²) >= 11 is 0. The summed E-state index contributed by atoms with van der Waals surface area (Å²) in [7, 11) is 0. The summed E-state index contributed by atoms with van der Waals surface area (Å²) < 4.78 is 0. The quantitative estimate of drug-likeness (QED) is 0.779. The number of aryl methyl sites for hydroxylation is 1. The van der Waals surface area contributed by atoms with Crippen LogP contribution in [-0.4, -0.2) is 28.3 Å². The second-order valence-corrected chi connectivity index (χ2v) is 6.31. The predicted molar refractivity (Wildman–Crippen MR) is 103 cm³/mol. The van der Waals surface area contributed by atoms with Gasteiger partial charge < -0.3 is 10.2 Å². The van der Waals surface area contributed by atoms with Crippen molar-refractivity contribution in [2.24, 2.45) is 0 Å². The molecule has 1 N–H and O–H groups in total. The van der Waals surface area contributed by atoms with Crippen LogP contribution >= 0.6 is 0 Å². The van der Waals surface area contributed by atoms with E-state index in [0.717, 1.165) is 24.1 Å². The molecule has 1 aliphatic rings. The first kappa shape index (κ1) is 16.9. The second-order valence-electron chi connectivity index (χ2n) is 6.31. The summed E-state index contributed by atoms with van der Waals surface area (Å²) in [4.78, 5) is 34.8. The number of nitrogens with one attached hydrogen (secondary N) is 1. The molecular weight excluding hydrogens is 340 g/mol. The van der Waals surface area contributed by atoms with Crippen molar-refractivity contribution in [2.75, 3.05) is 16.8 Å². The van der Waals surface area contributed by atoms with Crippen LogP contribution in [0, 0.1) is 0 Å². The Bertz CT molecular complexity index is 974. The number of carbonyl (C=O) groups is 2. The molecule has 0 spiro atoms. The molecule has 0 atom stereocenters. The molecule has 1 aromatic heterocycles. The Morgan fingerprint density at radius 1 is 1.04 bits per heavy atom. The number of amides is 2. The number of nitrogens with zero attached hydrogens (tertiary/aromatic N) is 3. The van der Waals surface area contributed by atoms with E-state index >= 15 is 0 Å². The van der Waals surface area contributed by atoms with E-state index in [9.17, 15) is 9.59 Å². The van der Waals surface area contributed by atoms with Crippen LogP contribution in [0.15, 0.2) is 67.1 Å². The molecule has 134 valence electrons. The SMILES string of the molecule is O=C(Nc1ccc2c(c1)CCCN2C(=O)c1ccccc1)c1cnccn1. The number of carbonyl (C=O) groups excluding carboxylic acids is 2. The van der Waals surface area contributed by atoms with Crippen molar-refractivity contribution in [3.05, 3.63) is 83.9 Å². The van der Waals surface area contributed by atoms with E-state index < -0.39 is 0 Å². The van der Waals surface area contributed by atoms with Gasteiger partial charge in [0.2, 0.25) is 0 Å².